The maximum absolute atomic E-state index is 13.3. The average molecular weight is 316 g/mol. The van der Waals surface area contributed by atoms with Gasteiger partial charge in [0.15, 0.2) is 17.3 Å². The summed E-state index contributed by atoms with van der Waals surface area (Å²) in [6.07, 6.45) is 2.98. The van der Waals surface area contributed by atoms with Gasteiger partial charge in [-0.15, -0.1) is 0 Å². The molecular weight excluding hydrogens is 299 g/mol. The minimum atomic E-state index is -0.492. The molecule has 23 heavy (non-hydrogen) atoms. The summed E-state index contributed by atoms with van der Waals surface area (Å²) in [5.74, 6) is 0.645. The molecule has 0 amide bonds. The van der Waals surface area contributed by atoms with E-state index in [9.17, 15) is 9.18 Å². The van der Waals surface area contributed by atoms with Crippen LogP contribution in [0.25, 0.3) is 6.08 Å². The van der Waals surface area contributed by atoms with Crippen molar-refractivity contribution >= 4 is 11.9 Å². The van der Waals surface area contributed by atoms with Gasteiger partial charge in [-0.3, -0.25) is 4.79 Å². The number of hydrogen-bond donors (Lipinski definition) is 0. The second kappa shape index (κ2) is 7.45. The Hall–Kier alpha value is -2.82. The summed E-state index contributed by atoms with van der Waals surface area (Å²) in [5.41, 5.74) is 0.926. The van der Waals surface area contributed by atoms with Gasteiger partial charge in [-0.1, -0.05) is 12.1 Å². The number of rotatable bonds is 6. The predicted octanol–water partition coefficient (Wildman–Crippen LogP) is 3.75. The topological polar surface area (TPSA) is 44.8 Å². The maximum Gasteiger partial charge on any atom is 0.189 e. The number of carbonyl (C=O) groups excluding carboxylic acids is 1. The summed E-state index contributed by atoms with van der Waals surface area (Å²) in [6, 6.07) is 9.09. The molecule has 0 saturated carbocycles. The van der Waals surface area contributed by atoms with Gasteiger partial charge in [0.1, 0.15) is 11.6 Å². The number of carbonyl (C=O) groups is 1. The van der Waals surface area contributed by atoms with Crippen LogP contribution >= 0.6 is 0 Å². The normalized spacial score (nSPS) is 10.6. The van der Waals surface area contributed by atoms with E-state index >= 15 is 0 Å². The molecule has 0 spiro atoms. The highest BCUT2D eigenvalue weighted by molar-refractivity contribution is 6.08. The molecule has 0 aromatic heterocycles. The lowest BCUT2D eigenvalue weighted by atomic mass is 10.1. The van der Waals surface area contributed by atoms with Gasteiger partial charge < -0.3 is 14.2 Å². The summed E-state index contributed by atoms with van der Waals surface area (Å²) in [4.78, 5) is 12.2. The van der Waals surface area contributed by atoms with Crippen LogP contribution in [0.3, 0.4) is 0 Å². The van der Waals surface area contributed by atoms with E-state index in [0.29, 0.717) is 17.2 Å². The Labute approximate surface area is 134 Å². The van der Waals surface area contributed by atoms with Crippen LogP contribution in [0.4, 0.5) is 4.39 Å². The van der Waals surface area contributed by atoms with Crippen molar-refractivity contribution in [2.75, 3.05) is 21.3 Å². The number of methoxy groups -OCH3 is 3. The van der Waals surface area contributed by atoms with Crippen molar-refractivity contribution in [2.24, 2.45) is 0 Å². The van der Waals surface area contributed by atoms with Gasteiger partial charge in [0.25, 0.3) is 0 Å². The first-order chi connectivity index (χ1) is 11.1. The highest BCUT2D eigenvalue weighted by Gasteiger charge is 2.11. The monoisotopic (exact) mass is 316 g/mol. The second-order valence-electron chi connectivity index (χ2n) is 4.66. The van der Waals surface area contributed by atoms with Crippen LogP contribution in [-0.2, 0) is 0 Å². The van der Waals surface area contributed by atoms with Crippen molar-refractivity contribution in [1.29, 1.82) is 0 Å². The molecular formula is C18H17FO4. The van der Waals surface area contributed by atoms with Crippen LogP contribution in [-0.4, -0.2) is 27.1 Å². The van der Waals surface area contributed by atoms with Gasteiger partial charge >= 0.3 is 0 Å². The molecule has 4 nitrogen and oxygen atoms in total. The van der Waals surface area contributed by atoms with Crippen molar-refractivity contribution in [1.82, 2.24) is 0 Å². The van der Waals surface area contributed by atoms with Crippen molar-refractivity contribution in [2.45, 2.75) is 0 Å². The van der Waals surface area contributed by atoms with Crippen molar-refractivity contribution in [3.05, 3.63) is 59.4 Å². The largest absolute Gasteiger partial charge is 0.496 e. The summed E-state index contributed by atoms with van der Waals surface area (Å²) in [6.45, 7) is 0. The van der Waals surface area contributed by atoms with Crippen molar-refractivity contribution in [3.8, 4) is 17.2 Å². The minimum absolute atomic E-state index is 0.171. The van der Waals surface area contributed by atoms with Gasteiger partial charge in [-0.25, -0.2) is 4.39 Å². The Morgan fingerprint density at radius 3 is 2.22 bits per heavy atom. The number of hydrogen-bond acceptors (Lipinski definition) is 4. The minimum Gasteiger partial charge on any atom is -0.496 e. The number of allylic oxidation sites excluding steroid dienone is 1. The van der Waals surface area contributed by atoms with E-state index in [4.69, 9.17) is 14.2 Å². The Morgan fingerprint density at radius 1 is 0.913 bits per heavy atom. The van der Waals surface area contributed by atoms with Crippen LogP contribution in [0.1, 0.15) is 15.9 Å². The molecule has 0 heterocycles. The zero-order chi connectivity index (χ0) is 16.8. The third kappa shape index (κ3) is 3.88. The van der Waals surface area contributed by atoms with Crippen LogP contribution in [0.15, 0.2) is 42.5 Å². The number of ketones is 1. The molecule has 0 fully saturated rings. The van der Waals surface area contributed by atoms with E-state index in [2.05, 4.69) is 0 Å². The fourth-order valence-corrected chi connectivity index (χ4v) is 2.09. The molecule has 0 aliphatic rings. The molecule has 5 heteroatoms. The first-order valence-corrected chi connectivity index (χ1v) is 6.87. The van der Waals surface area contributed by atoms with Crippen LogP contribution in [0.5, 0.6) is 17.2 Å². The zero-order valence-corrected chi connectivity index (χ0v) is 13.1. The van der Waals surface area contributed by atoms with Crippen LogP contribution < -0.4 is 14.2 Å². The van der Waals surface area contributed by atoms with Crippen molar-refractivity contribution in [3.63, 3.8) is 0 Å². The van der Waals surface area contributed by atoms with Crippen LogP contribution in [0.2, 0.25) is 0 Å². The first-order valence-electron chi connectivity index (χ1n) is 6.87. The highest BCUT2D eigenvalue weighted by atomic mass is 19.1. The molecule has 0 saturated heterocycles. The zero-order valence-electron chi connectivity index (χ0n) is 13.1. The van der Waals surface area contributed by atoms with Crippen molar-refractivity contribution < 1.29 is 23.4 Å². The van der Waals surface area contributed by atoms with Crippen LogP contribution in [0, 0.1) is 5.82 Å². The molecule has 0 radical (unpaired) electrons. The van der Waals surface area contributed by atoms with Gasteiger partial charge in [0, 0.05) is 0 Å². The quantitative estimate of drug-likeness (QED) is 0.601. The molecule has 0 bridgehead atoms. The maximum atomic E-state index is 13.3. The smallest absolute Gasteiger partial charge is 0.189 e. The Bertz CT molecular complexity index is 738. The Morgan fingerprint density at radius 2 is 1.57 bits per heavy atom. The summed E-state index contributed by atoms with van der Waals surface area (Å²) >= 11 is 0. The molecule has 2 aromatic rings. The number of benzene rings is 2. The van der Waals surface area contributed by atoms with Gasteiger partial charge in [-0.05, 0) is 42.0 Å². The first kappa shape index (κ1) is 16.5. The van der Waals surface area contributed by atoms with E-state index in [-0.39, 0.29) is 11.3 Å². The molecule has 0 aliphatic carbocycles. The third-order valence-corrected chi connectivity index (χ3v) is 3.26. The Balaban J connectivity index is 2.26. The van der Waals surface area contributed by atoms with E-state index in [0.717, 1.165) is 11.6 Å². The summed E-state index contributed by atoms with van der Waals surface area (Å²) < 4.78 is 28.8. The lowest BCUT2D eigenvalue weighted by Crippen LogP contribution is -1.99. The fourth-order valence-electron chi connectivity index (χ4n) is 2.09. The molecule has 2 aromatic carbocycles. The number of halogens is 1. The standard InChI is InChI=1S/C18H17FO4/c1-21-16-9-6-13(19)11-14(16)15(20)7-4-12-5-8-17(22-2)18(10-12)23-3/h4-11H,1-3H3/b7-4+. The van der Waals surface area contributed by atoms with Gasteiger partial charge in [-0.2, -0.15) is 0 Å². The van der Waals surface area contributed by atoms with E-state index in [1.807, 2.05) is 0 Å². The van der Waals surface area contributed by atoms with E-state index in [1.165, 1.54) is 32.4 Å². The second-order valence-corrected chi connectivity index (χ2v) is 4.66. The lowest BCUT2D eigenvalue weighted by Gasteiger charge is -2.08. The van der Waals surface area contributed by atoms with Gasteiger partial charge in [0.2, 0.25) is 0 Å². The Kier molecular flexibility index (Phi) is 5.36. The molecule has 0 aliphatic heterocycles. The molecule has 2 rings (SSSR count). The van der Waals surface area contributed by atoms with E-state index in [1.54, 1.807) is 31.4 Å². The number of ether oxygens (including phenoxy) is 3. The molecule has 120 valence electrons. The average Bonchev–Trinajstić information content (AvgIpc) is 2.59. The predicted molar refractivity (Wildman–Crippen MR) is 85.9 cm³/mol. The molecule has 0 N–H and O–H groups in total. The van der Waals surface area contributed by atoms with Gasteiger partial charge in [0.05, 0.1) is 26.9 Å². The van der Waals surface area contributed by atoms with E-state index < -0.39 is 5.82 Å². The third-order valence-electron chi connectivity index (χ3n) is 3.26. The SMILES string of the molecule is COc1ccc(/C=C/C(=O)c2cc(F)ccc2OC)cc1OC. The lowest BCUT2D eigenvalue weighted by molar-refractivity contribution is 0.104. The summed E-state index contributed by atoms with van der Waals surface area (Å²) in [7, 11) is 4.52. The summed E-state index contributed by atoms with van der Waals surface area (Å²) in [5, 5.41) is 0. The fraction of sp³-hybridized carbons (Fsp3) is 0.167. The highest BCUT2D eigenvalue weighted by Crippen LogP contribution is 2.28. The molecule has 0 unspecified atom stereocenters. The molecule has 0 atom stereocenters.